The molecular weight excluding hydrogens is 294 g/mol. The third-order valence-electron chi connectivity index (χ3n) is 3.07. The zero-order chi connectivity index (χ0) is 16.5. The van der Waals surface area contributed by atoms with Crippen LogP contribution in [0.15, 0.2) is 54.6 Å². The number of nitrogens with one attached hydrogen (secondary N) is 1. The maximum absolute atomic E-state index is 11.7. The molecule has 120 valence electrons. The molecular formula is C18H19NO4. The molecule has 2 aromatic carbocycles. The Kier molecular flexibility index (Phi) is 6.17. The normalized spacial score (nSPS) is 9.96. The fourth-order valence-corrected chi connectivity index (χ4v) is 1.84. The van der Waals surface area contributed by atoms with E-state index in [-0.39, 0.29) is 25.7 Å². The molecule has 0 aliphatic rings. The smallest absolute Gasteiger partial charge is 0.325 e. The molecule has 2 aromatic rings. The van der Waals surface area contributed by atoms with E-state index < -0.39 is 5.97 Å². The number of hydrogen-bond donors (Lipinski definition) is 1. The Morgan fingerprint density at radius 3 is 2.35 bits per heavy atom. The lowest BCUT2D eigenvalue weighted by atomic mass is 10.2. The molecule has 23 heavy (non-hydrogen) atoms. The summed E-state index contributed by atoms with van der Waals surface area (Å²) in [5.74, 6) is -0.0794. The van der Waals surface area contributed by atoms with Crippen LogP contribution in [0.5, 0.6) is 5.75 Å². The van der Waals surface area contributed by atoms with E-state index >= 15 is 0 Å². The molecule has 0 spiro atoms. The molecule has 0 saturated heterocycles. The Morgan fingerprint density at radius 1 is 0.957 bits per heavy atom. The molecule has 0 unspecified atom stereocenters. The van der Waals surface area contributed by atoms with Gasteiger partial charge in [-0.15, -0.1) is 0 Å². The third-order valence-corrected chi connectivity index (χ3v) is 3.07. The molecule has 1 amide bonds. The Labute approximate surface area is 135 Å². The van der Waals surface area contributed by atoms with E-state index in [2.05, 4.69) is 5.32 Å². The number of hydrogen-bond acceptors (Lipinski definition) is 4. The van der Waals surface area contributed by atoms with Gasteiger partial charge in [0.2, 0.25) is 0 Å². The highest BCUT2D eigenvalue weighted by atomic mass is 16.6. The molecule has 0 bridgehead atoms. The van der Waals surface area contributed by atoms with Gasteiger partial charge in [0.1, 0.15) is 25.5 Å². The first kappa shape index (κ1) is 16.5. The van der Waals surface area contributed by atoms with Crippen molar-refractivity contribution >= 4 is 11.9 Å². The molecule has 0 fully saturated rings. The van der Waals surface area contributed by atoms with Crippen molar-refractivity contribution in [3.05, 3.63) is 65.7 Å². The van der Waals surface area contributed by atoms with Crippen molar-refractivity contribution in [3.63, 3.8) is 0 Å². The van der Waals surface area contributed by atoms with Crippen LogP contribution >= 0.6 is 0 Å². The molecule has 0 aromatic heterocycles. The minimum atomic E-state index is -0.498. The minimum Gasteiger partial charge on any atom is -0.490 e. The van der Waals surface area contributed by atoms with Crippen molar-refractivity contribution in [1.82, 2.24) is 5.32 Å². The minimum absolute atomic E-state index is 0.133. The van der Waals surface area contributed by atoms with E-state index in [0.717, 1.165) is 11.3 Å². The first-order valence-corrected chi connectivity index (χ1v) is 7.33. The van der Waals surface area contributed by atoms with Crippen molar-refractivity contribution in [1.29, 1.82) is 0 Å². The number of aryl methyl sites for hydroxylation is 1. The summed E-state index contributed by atoms with van der Waals surface area (Å²) < 4.78 is 10.4. The SMILES string of the molecule is Cc1ccc(OCCOC(=O)CNC(=O)c2ccccc2)cc1. The van der Waals surface area contributed by atoms with Crippen LogP contribution in [0.3, 0.4) is 0 Å². The van der Waals surface area contributed by atoms with E-state index in [9.17, 15) is 9.59 Å². The van der Waals surface area contributed by atoms with Gasteiger partial charge in [-0.2, -0.15) is 0 Å². The second-order valence-electron chi connectivity index (χ2n) is 4.93. The van der Waals surface area contributed by atoms with Crippen LogP contribution in [0, 0.1) is 6.92 Å². The summed E-state index contributed by atoms with van der Waals surface area (Å²) in [6, 6.07) is 16.3. The molecule has 2 rings (SSSR count). The van der Waals surface area contributed by atoms with Gasteiger partial charge in [-0.25, -0.2) is 0 Å². The summed E-state index contributed by atoms with van der Waals surface area (Å²) in [5.41, 5.74) is 1.65. The van der Waals surface area contributed by atoms with Crippen LogP contribution in [0.1, 0.15) is 15.9 Å². The van der Waals surface area contributed by atoms with Crippen molar-refractivity contribution in [2.24, 2.45) is 0 Å². The van der Waals surface area contributed by atoms with Crippen LogP contribution in [0.25, 0.3) is 0 Å². The monoisotopic (exact) mass is 313 g/mol. The van der Waals surface area contributed by atoms with Gasteiger partial charge < -0.3 is 14.8 Å². The van der Waals surface area contributed by atoms with Crippen LogP contribution < -0.4 is 10.1 Å². The fraction of sp³-hybridized carbons (Fsp3) is 0.222. The first-order valence-electron chi connectivity index (χ1n) is 7.33. The summed E-state index contributed by atoms with van der Waals surface area (Å²) >= 11 is 0. The standard InChI is InChI=1S/C18H19NO4/c1-14-7-9-16(10-8-14)22-11-12-23-17(20)13-19-18(21)15-5-3-2-4-6-15/h2-10H,11-13H2,1H3,(H,19,21). The third kappa shape index (κ3) is 5.82. The second-order valence-corrected chi connectivity index (χ2v) is 4.93. The highest BCUT2D eigenvalue weighted by Crippen LogP contribution is 2.10. The van der Waals surface area contributed by atoms with Crippen LogP contribution in [0.2, 0.25) is 0 Å². The molecule has 5 heteroatoms. The van der Waals surface area contributed by atoms with Gasteiger partial charge in [-0.1, -0.05) is 35.9 Å². The van der Waals surface area contributed by atoms with Crippen molar-refractivity contribution < 1.29 is 19.1 Å². The quantitative estimate of drug-likeness (QED) is 0.629. The Morgan fingerprint density at radius 2 is 1.65 bits per heavy atom. The summed E-state index contributed by atoms with van der Waals surface area (Å²) in [6.07, 6.45) is 0. The number of ether oxygens (including phenoxy) is 2. The van der Waals surface area contributed by atoms with E-state index in [4.69, 9.17) is 9.47 Å². The lowest BCUT2D eigenvalue weighted by Gasteiger charge is -2.08. The molecule has 0 saturated carbocycles. The van der Waals surface area contributed by atoms with Crippen LogP contribution in [-0.4, -0.2) is 31.6 Å². The van der Waals surface area contributed by atoms with Gasteiger partial charge in [-0.05, 0) is 31.2 Å². The van der Waals surface area contributed by atoms with Crippen molar-refractivity contribution in [3.8, 4) is 5.75 Å². The van der Waals surface area contributed by atoms with E-state index in [1.54, 1.807) is 24.3 Å². The number of amides is 1. The summed E-state index contributed by atoms with van der Waals surface area (Å²) in [6.45, 7) is 2.23. The lowest BCUT2D eigenvalue weighted by molar-refractivity contribution is -0.143. The van der Waals surface area contributed by atoms with Gasteiger partial charge in [0.25, 0.3) is 5.91 Å². The number of esters is 1. The first-order chi connectivity index (χ1) is 11.1. The highest BCUT2D eigenvalue weighted by molar-refractivity contribution is 5.95. The maximum atomic E-state index is 11.7. The number of benzene rings is 2. The highest BCUT2D eigenvalue weighted by Gasteiger charge is 2.08. The van der Waals surface area contributed by atoms with Gasteiger partial charge in [0.15, 0.2) is 0 Å². The fourth-order valence-electron chi connectivity index (χ4n) is 1.84. The predicted octanol–water partition coefficient (Wildman–Crippen LogP) is 2.35. The molecule has 0 aliphatic heterocycles. The maximum Gasteiger partial charge on any atom is 0.325 e. The van der Waals surface area contributed by atoms with Gasteiger partial charge >= 0.3 is 5.97 Å². The second kappa shape index (κ2) is 8.58. The molecule has 0 aliphatic carbocycles. The lowest BCUT2D eigenvalue weighted by Crippen LogP contribution is -2.31. The number of carbonyl (C=O) groups is 2. The van der Waals surface area contributed by atoms with Crippen LogP contribution in [0.4, 0.5) is 0 Å². The zero-order valence-electron chi connectivity index (χ0n) is 13.0. The Hall–Kier alpha value is -2.82. The number of carbonyl (C=O) groups excluding carboxylic acids is 2. The Bertz CT molecular complexity index is 638. The van der Waals surface area contributed by atoms with Gasteiger partial charge in [0.05, 0.1) is 0 Å². The van der Waals surface area contributed by atoms with Gasteiger partial charge in [-0.3, -0.25) is 9.59 Å². The van der Waals surface area contributed by atoms with E-state index in [1.165, 1.54) is 0 Å². The number of rotatable bonds is 7. The van der Waals surface area contributed by atoms with Crippen molar-refractivity contribution in [2.45, 2.75) is 6.92 Å². The molecule has 0 radical (unpaired) electrons. The molecule has 0 atom stereocenters. The predicted molar refractivity (Wildman–Crippen MR) is 86.4 cm³/mol. The molecule has 0 heterocycles. The van der Waals surface area contributed by atoms with Crippen molar-refractivity contribution in [2.75, 3.05) is 19.8 Å². The summed E-state index contributed by atoms with van der Waals surface area (Å²) in [5, 5.41) is 2.51. The summed E-state index contributed by atoms with van der Waals surface area (Å²) in [4.78, 5) is 23.3. The van der Waals surface area contributed by atoms with Gasteiger partial charge in [0, 0.05) is 5.56 Å². The largest absolute Gasteiger partial charge is 0.490 e. The van der Waals surface area contributed by atoms with E-state index in [0.29, 0.717) is 5.56 Å². The zero-order valence-corrected chi connectivity index (χ0v) is 13.0. The topological polar surface area (TPSA) is 64.6 Å². The van der Waals surface area contributed by atoms with Crippen LogP contribution in [-0.2, 0) is 9.53 Å². The average molecular weight is 313 g/mol. The summed E-state index contributed by atoms with van der Waals surface area (Å²) in [7, 11) is 0. The molecule has 5 nitrogen and oxygen atoms in total. The van der Waals surface area contributed by atoms with E-state index in [1.807, 2.05) is 37.3 Å². The molecule has 1 N–H and O–H groups in total. The Balaban J connectivity index is 1.62. The average Bonchev–Trinajstić information content (AvgIpc) is 2.59.